The zero-order chi connectivity index (χ0) is 58.8. The van der Waals surface area contributed by atoms with Crippen molar-refractivity contribution in [1.29, 1.82) is 0 Å². The Labute approximate surface area is 491 Å². The van der Waals surface area contributed by atoms with Crippen molar-refractivity contribution < 1.29 is 19.4 Å². The van der Waals surface area contributed by atoms with Gasteiger partial charge in [0.1, 0.15) is 24.5 Å². The van der Waals surface area contributed by atoms with Crippen LogP contribution in [0.3, 0.4) is 0 Å². The van der Waals surface area contributed by atoms with Crippen molar-refractivity contribution in [3.05, 3.63) is 20.4 Å². The molecule has 10 heteroatoms. The Bertz CT molecular complexity index is 1330. The van der Waals surface area contributed by atoms with Crippen LogP contribution in [-0.4, -0.2) is 101 Å². The summed E-state index contributed by atoms with van der Waals surface area (Å²) in [5.74, 6) is 0.945. The summed E-state index contributed by atoms with van der Waals surface area (Å²) in [6.45, 7) is 22.2. The fourth-order valence-electron chi connectivity index (χ4n) is 10.9. The van der Waals surface area contributed by atoms with Gasteiger partial charge < -0.3 is 39.9 Å². The van der Waals surface area contributed by atoms with Crippen LogP contribution in [0.1, 0.15) is 330 Å². The first-order chi connectivity index (χ1) is 38.9. The van der Waals surface area contributed by atoms with Gasteiger partial charge in [0.15, 0.2) is 0 Å². The summed E-state index contributed by atoms with van der Waals surface area (Å²) in [6.07, 6.45) is 61.7. The van der Waals surface area contributed by atoms with E-state index in [-0.39, 0.29) is 10.9 Å². The summed E-state index contributed by atoms with van der Waals surface area (Å²) >= 11 is 0. The Morgan fingerprint density at radius 3 is 1.01 bits per heavy atom. The van der Waals surface area contributed by atoms with Crippen molar-refractivity contribution in [3.63, 3.8) is 0 Å². The number of hydrogen-bond acceptors (Lipinski definition) is 10. The smallest absolute Gasteiger partial charge is 0.253 e. The molecule has 0 aromatic heterocycles. The Morgan fingerprint density at radius 2 is 0.671 bits per heavy atom. The number of carbonyl (C=O) groups excluding carboxylic acids is 2. The van der Waals surface area contributed by atoms with Gasteiger partial charge >= 0.3 is 0 Å². The highest BCUT2D eigenvalue weighted by Gasteiger charge is 2.20. The lowest BCUT2D eigenvalue weighted by Gasteiger charge is -2.24. The molecule has 0 unspecified atom stereocenters. The van der Waals surface area contributed by atoms with E-state index in [9.17, 15) is 14.4 Å². The van der Waals surface area contributed by atoms with Crippen LogP contribution in [0.25, 0.3) is 0 Å². The number of aliphatic hydroxyl groups excluding tert-OH is 1. The highest BCUT2D eigenvalue weighted by Crippen LogP contribution is 2.25. The molecule has 0 amide bonds. The molecule has 79 heavy (non-hydrogen) atoms. The second-order valence-electron chi connectivity index (χ2n) is 23.2. The molecule has 1 aromatic rings. The molecule has 0 bridgehead atoms. The molecule has 0 fully saturated rings. The highest BCUT2D eigenvalue weighted by atomic mass is 16.5. The molecule has 0 heterocycles. The molecule has 0 spiro atoms. The summed E-state index contributed by atoms with van der Waals surface area (Å²) in [6, 6.07) is 0. The van der Waals surface area contributed by atoms with Crippen molar-refractivity contribution in [1.82, 2.24) is 9.80 Å². The van der Waals surface area contributed by atoms with E-state index in [0.29, 0.717) is 30.9 Å². The number of carbonyl (C=O) groups is 2. The molecule has 0 saturated heterocycles. The van der Waals surface area contributed by atoms with E-state index in [4.69, 9.17) is 14.6 Å². The third kappa shape index (κ3) is 56.1. The number of rotatable bonds is 61. The SMILES string of the molecule is C=O.CCCCCCCCC(CCCCCCCC)CCCCCCCN(CCCCCCCC=O)CCCNc1c(NCCN(CCCCCCCC)CCCCCCCC)c(=O)c1=O.CCCCCCCCCOC.CO. The van der Waals surface area contributed by atoms with Gasteiger partial charge in [-0.1, -0.05) is 279 Å². The summed E-state index contributed by atoms with van der Waals surface area (Å²) < 4.78 is 4.97. The predicted molar refractivity (Wildman–Crippen MR) is 349 cm³/mol. The van der Waals surface area contributed by atoms with Gasteiger partial charge in [0, 0.05) is 46.9 Å². The minimum atomic E-state index is -0.360. The lowest BCUT2D eigenvalue weighted by molar-refractivity contribution is -0.108. The van der Waals surface area contributed by atoms with Crippen LogP contribution in [0.5, 0.6) is 0 Å². The number of unbranched alkanes of at least 4 members (excludes halogenated alkanes) is 35. The first-order valence-electron chi connectivity index (χ1n) is 34.3. The Kier molecular flexibility index (Phi) is 72.0. The fourth-order valence-corrected chi connectivity index (χ4v) is 10.9. The maximum Gasteiger partial charge on any atom is 0.253 e. The number of nitrogens with zero attached hydrogens (tertiary/aromatic N) is 2. The van der Waals surface area contributed by atoms with Crippen molar-refractivity contribution in [3.8, 4) is 0 Å². The van der Waals surface area contributed by atoms with Crippen LogP contribution in [-0.2, 0) is 14.3 Å². The predicted octanol–water partition coefficient (Wildman–Crippen LogP) is 18.6. The molecule has 0 aliphatic rings. The average Bonchev–Trinajstić information content (AvgIpc) is 3.52. The number of methoxy groups -OCH3 is 1. The minimum absolute atomic E-state index is 0.359. The molecular formula is C69H138N4O6. The third-order valence-corrected chi connectivity index (χ3v) is 16.0. The second-order valence-corrected chi connectivity index (χ2v) is 23.2. The van der Waals surface area contributed by atoms with Crippen LogP contribution in [0.4, 0.5) is 11.4 Å². The Balaban J connectivity index is -0.00000337. The Hall–Kier alpha value is -2.14. The van der Waals surface area contributed by atoms with Crippen molar-refractivity contribution in [2.24, 2.45) is 5.92 Å². The minimum Gasteiger partial charge on any atom is -0.400 e. The molecule has 0 saturated carbocycles. The third-order valence-electron chi connectivity index (χ3n) is 16.0. The van der Waals surface area contributed by atoms with Crippen molar-refractivity contribution in [2.75, 3.05) is 83.8 Å². The van der Waals surface area contributed by atoms with E-state index >= 15 is 0 Å². The maximum absolute atomic E-state index is 12.7. The van der Waals surface area contributed by atoms with Crippen LogP contribution in [0.2, 0.25) is 0 Å². The first-order valence-corrected chi connectivity index (χ1v) is 34.3. The number of aliphatic hydroxyl groups is 1. The summed E-state index contributed by atoms with van der Waals surface area (Å²) in [4.78, 5) is 49.3. The van der Waals surface area contributed by atoms with Gasteiger partial charge in [-0.05, 0) is 83.6 Å². The molecule has 1 aromatic carbocycles. The maximum atomic E-state index is 12.7. The van der Waals surface area contributed by atoms with Crippen molar-refractivity contribution in [2.45, 2.75) is 330 Å². The lowest BCUT2D eigenvalue weighted by atomic mass is 9.89. The standard InChI is InChI=1S/C57H110N4O3.C10H22O.CH4O.CH2O/c1-5-9-13-17-24-32-41-53(42-33-25-18-14-10-6-2)43-34-26-23-30-36-47-60(46-35-29-21-22-31-39-52-62)50-40-44-58-54-55(57(64)56(54)63)59-45-51-61(48-37-27-19-15-11-7-3)49-38-28-20-16-12-8-4;1-3-4-5-6-7-8-9-10-11-2;2*1-2/h52-53,58-59H,5-51H2,1-4H3;3-10H2,1-2H3;2H,1H3;1H2. The van der Waals surface area contributed by atoms with Gasteiger partial charge in [0.2, 0.25) is 0 Å². The largest absolute Gasteiger partial charge is 0.400 e. The number of hydrogen-bond donors (Lipinski definition) is 3. The van der Waals surface area contributed by atoms with Gasteiger partial charge in [-0.2, -0.15) is 0 Å². The molecule has 10 nitrogen and oxygen atoms in total. The molecule has 1 rings (SSSR count). The number of aldehydes is 1. The zero-order valence-electron chi connectivity index (χ0n) is 54.1. The van der Waals surface area contributed by atoms with Crippen LogP contribution >= 0.6 is 0 Å². The van der Waals surface area contributed by atoms with Crippen LogP contribution in [0, 0.1) is 5.92 Å². The van der Waals surface area contributed by atoms with Gasteiger partial charge in [0.25, 0.3) is 10.9 Å². The monoisotopic (exact) mass is 1120 g/mol. The molecule has 0 aliphatic carbocycles. The van der Waals surface area contributed by atoms with E-state index in [2.05, 4.69) is 55.1 Å². The zero-order valence-corrected chi connectivity index (χ0v) is 54.1. The number of nitrogens with one attached hydrogen (secondary N) is 2. The Morgan fingerprint density at radius 1 is 0.392 bits per heavy atom. The van der Waals surface area contributed by atoms with Crippen molar-refractivity contribution >= 4 is 24.5 Å². The highest BCUT2D eigenvalue weighted by molar-refractivity contribution is 5.73. The molecule has 3 N–H and O–H groups in total. The summed E-state index contributed by atoms with van der Waals surface area (Å²) in [5.41, 5.74) is 0.293. The van der Waals surface area contributed by atoms with E-state index in [0.717, 1.165) is 84.5 Å². The van der Waals surface area contributed by atoms with Crippen LogP contribution in [0.15, 0.2) is 9.59 Å². The quantitative estimate of drug-likeness (QED) is 0.0329. The summed E-state index contributed by atoms with van der Waals surface area (Å²) in [7, 11) is 2.77. The van der Waals surface area contributed by atoms with Crippen LogP contribution < -0.4 is 21.5 Å². The normalized spacial score (nSPS) is 11.2. The van der Waals surface area contributed by atoms with E-state index in [1.807, 2.05) is 6.79 Å². The lowest BCUT2D eigenvalue weighted by Crippen LogP contribution is -2.39. The number of anilines is 2. The van der Waals surface area contributed by atoms with E-state index in [1.165, 1.54) is 270 Å². The molecule has 470 valence electrons. The molecule has 0 radical (unpaired) electrons. The fraction of sp³-hybridized carbons (Fsp3) is 0.913. The van der Waals surface area contributed by atoms with Gasteiger partial charge in [-0.25, -0.2) is 0 Å². The average molecular weight is 1120 g/mol. The van der Waals surface area contributed by atoms with E-state index < -0.39 is 0 Å². The number of ether oxygens (including phenoxy) is 1. The molecular weight excluding hydrogens is 981 g/mol. The van der Waals surface area contributed by atoms with Gasteiger partial charge in [-0.3, -0.25) is 9.59 Å². The first kappa shape index (κ1) is 81.1. The molecule has 0 atom stereocenters. The second kappa shape index (κ2) is 70.1. The molecule has 0 aliphatic heterocycles. The van der Waals surface area contributed by atoms with Gasteiger partial charge in [0.05, 0.1) is 0 Å². The topological polar surface area (TPSA) is 128 Å². The van der Waals surface area contributed by atoms with E-state index in [1.54, 1.807) is 7.11 Å². The van der Waals surface area contributed by atoms with Gasteiger partial charge in [-0.15, -0.1) is 0 Å². The summed E-state index contributed by atoms with van der Waals surface area (Å²) in [5, 5.41) is 13.8.